The maximum Gasteiger partial charge on any atom is 0.287 e. The van der Waals surface area contributed by atoms with Gasteiger partial charge in [0.1, 0.15) is 5.69 Å². The predicted molar refractivity (Wildman–Crippen MR) is 74.7 cm³/mol. The van der Waals surface area contributed by atoms with Gasteiger partial charge in [-0.15, -0.1) is 0 Å². The highest BCUT2D eigenvalue weighted by Gasteiger charge is 2.31. The molecule has 0 bridgehead atoms. The van der Waals surface area contributed by atoms with E-state index in [1.54, 1.807) is 25.5 Å². The number of aliphatic hydroxyl groups is 1. The number of hydrogen-bond donors (Lipinski definition) is 1. The summed E-state index contributed by atoms with van der Waals surface area (Å²) in [5.41, 5.74) is -0.606. The first-order valence-electron chi connectivity index (χ1n) is 6.37. The van der Waals surface area contributed by atoms with Crippen molar-refractivity contribution in [2.75, 3.05) is 13.7 Å². The zero-order valence-electron chi connectivity index (χ0n) is 12.5. The summed E-state index contributed by atoms with van der Waals surface area (Å²) >= 11 is 0. The normalized spacial score (nSPS) is 11.8. The molecule has 0 radical (unpaired) electrons. The smallest absolute Gasteiger partial charge is 0.287 e. The Balaban J connectivity index is 3.24. The minimum Gasteiger partial charge on any atom is -0.394 e. The van der Waals surface area contributed by atoms with Crippen molar-refractivity contribution < 1.29 is 14.8 Å². The van der Waals surface area contributed by atoms with E-state index in [2.05, 4.69) is 0 Å². The third kappa shape index (κ3) is 2.98. The SMILES string of the molecule is CC(C)n1cc([N+](=O)[O-])cc1C(=O)N(C)C(C)(C)CO. The van der Waals surface area contributed by atoms with Crippen LogP contribution in [-0.2, 0) is 0 Å². The number of amides is 1. The van der Waals surface area contributed by atoms with Crippen LogP contribution in [0.2, 0.25) is 0 Å². The van der Waals surface area contributed by atoms with E-state index in [0.29, 0.717) is 0 Å². The quantitative estimate of drug-likeness (QED) is 0.659. The Bertz CT molecular complexity index is 520. The van der Waals surface area contributed by atoms with E-state index in [1.165, 1.54) is 17.2 Å². The first-order chi connectivity index (χ1) is 9.11. The van der Waals surface area contributed by atoms with Crippen LogP contribution in [0.25, 0.3) is 0 Å². The summed E-state index contributed by atoms with van der Waals surface area (Å²) in [6, 6.07) is 1.19. The summed E-state index contributed by atoms with van der Waals surface area (Å²) in [5, 5.41) is 20.2. The molecule has 0 fully saturated rings. The van der Waals surface area contributed by atoms with E-state index < -0.39 is 10.5 Å². The minimum atomic E-state index is -0.738. The first-order valence-corrected chi connectivity index (χ1v) is 6.37. The minimum absolute atomic E-state index is 0.0757. The number of aliphatic hydroxyl groups excluding tert-OH is 1. The molecule has 7 nitrogen and oxygen atoms in total. The van der Waals surface area contributed by atoms with Gasteiger partial charge in [-0.3, -0.25) is 14.9 Å². The molecule has 112 valence electrons. The Morgan fingerprint density at radius 2 is 2.10 bits per heavy atom. The lowest BCUT2D eigenvalue weighted by atomic mass is 10.0. The first kappa shape index (κ1) is 16.2. The molecule has 0 saturated heterocycles. The monoisotopic (exact) mass is 283 g/mol. The van der Waals surface area contributed by atoms with Crippen LogP contribution in [0.3, 0.4) is 0 Å². The molecule has 0 aliphatic rings. The molecular weight excluding hydrogens is 262 g/mol. The summed E-state index contributed by atoms with van der Waals surface area (Å²) in [6.07, 6.45) is 1.36. The Hall–Kier alpha value is -1.89. The number of aromatic nitrogens is 1. The Morgan fingerprint density at radius 3 is 2.50 bits per heavy atom. The van der Waals surface area contributed by atoms with Gasteiger partial charge < -0.3 is 14.6 Å². The summed E-state index contributed by atoms with van der Waals surface area (Å²) < 4.78 is 1.57. The molecule has 0 atom stereocenters. The van der Waals surface area contributed by atoms with Crippen LogP contribution in [0.15, 0.2) is 12.3 Å². The fraction of sp³-hybridized carbons (Fsp3) is 0.615. The van der Waals surface area contributed by atoms with Crippen LogP contribution in [0.5, 0.6) is 0 Å². The number of nitro groups is 1. The lowest BCUT2D eigenvalue weighted by Gasteiger charge is -2.34. The van der Waals surface area contributed by atoms with Crippen molar-refractivity contribution >= 4 is 11.6 Å². The fourth-order valence-corrected chi connectivity index (χ4v) is 1.72. The van der Waals surface area contributed by atoms with Crippen LogP contribution in [0.1, 0.15) is 44.2 Å². The number of hydrogen-bond acceptors (Lipinski definition) is 4. The maximum atomic E-state index is 12.5. The van der Waals surface area contributed by atoms with Crippen LogP contribution in [0, 0.1) is 10.1 Å². The van der Waals surface area contributed by atoms with E-state index in [0.717, 1.165) is 0 Å². The van der Waals surface area contributed by atoms with Crippen molar-refractivity contribution in [2.45, 2.75) is 39.3 Å². The molecule has 1 amide bonds. The number of carbonyl (C=O) groups excluding carboxylic acids is 1. The molecule has 20 heavy (non-hydrogen) atoms. The summed E-state index contributed by atoms with van der Waals surface area (Å²) in [7, 11) is 1.57. The van der Waals surface area contributed by atoms with Crippen molar-refractivity contribution in [3.05, 3.63) is 28.1 Å². The molecule has 0 aliphatic heterocycles. The lowest BCUT2D eigenvalue weighted by molar-refractivity contribution is -0.384. The largest absolute Gasteiger partial charge is 0.394 e. The van der Waals surface area contributed by atoms with Gasteiger partial charge >= 0.3 is 0 Å². The number of nitrogens with zero attached hydrogens (tertiary/aromatic N) is 3. The molecule has 1 aromatic rings. The van der Waals surface area contributed by atoms with Gasteiger partial charge in [-0.2, -0.15) is 0 Å². The average Bonchev–Trinajstić information content (AvgIpc) is 2.82. The second kappa shape index (κ2) is 5.62. The second-order valence-electron chi connectivity index (χ2n) is 5.68. The van der Waals surface area contributed by atoms with Crippen molar-refractivity contribution in [2.24, 2.45) is 0 Å². The highest BCUT2D eigenvalue weighted by molar-refractivity contribution is 5.94. The van der Waals surface area contributed by atoms with Gasteiger partial charge in [0.2, 0.25) is 0 Å². The molecule has 0 spiro atoms. The predicted octanol–water partition coefficient (Wildman–Crippen LogP) is 1.82. The zero-order chi connectivity index (χ0) is 15.7. The molecule has 0 aromatic carbocycles. The highest BCUT2D eigenvalue weighted by Crippen LogP contribution is 2.24. The van der Waals surface area contributed by atoms with E-state index in [1.807, 2.05) is 13.8 Å². The average molecular weight is 283 g/mol. The number of carbonyl (C=O) groups is 1. The molecule has 1 heterocycles. The molecule has 0 saturated carbocycles. The third-order valence-corrected chi connectivity index (χ3v) is 3.42. The summed E-state index contributed by atoms with van der Waals surface area (Å²) in [5.74, 6) is -0.356. The van der Waals surface area contributed by atoms with E-state index >= 15 is 0 Å². The molecule has 0 aliphatic carbocycles. The van der Waals surface area contributed by atoms with Crippen molar-refractivity contribution in [1.82, 2.24) is 9.47 Å². The van der Waals surface area contributed by atoms with E-state index in [-0.39, 0.29) is 29.9 Å². The Labute approximate surface area is 118 Å². The molecule has 1 aromatic heterocycles. The van der Waals surface area contributed by atoms with Crippen molar-refractivity contribution in [1.29, 1.82) is 0 Å². The molecule has 1 rings (SSSR count). The van der Waals surface area contributed by atoms with Gasteiger partial charge in [-0.1, -0.05) is 0 Å². The number of likely N-dealkylation sites (N-methyl/N-ethyl adjacent to an activating group) is 1. The second-order valence-corrected chi connectivity index (χ2v) is 5.68. The van der Waals surface area contributed by atoms with E-state index in [4.69, 9.17) is 0 Å². The molecule has 1 N–H and O–H groups in total. The van der Waals surface area contributed by atoms with E-state index in [9.17, 15) is 20.0 Å². The number of rotatable bonds is 5. The highest BCUT2D eigenvalue weighted by atomic mass is 16.6. The van der Waals surface area contributed by atoms with Gasteiger partial charge in [0.25, 0.3) is 11.6 Å². The van der Waals surface area contributed by atoms with Crippen molar-refractivity contribution in [3.63, 3.8) is 0 Å². The zero-order valence-corrected chi connectivity index (χ0v) is 12.5. The summed E-state index contributed by atoms with van der Waals surface area (Å²) in [4.78, 5) is 24.2. The fourth-order valence-electron chi connectivity index (χ4n) is 1.72. The lowest BCUT2D eigenvalue weighted by Crippen LogP contribution is -2.48. The van der Waals surface area contributed by atoms with Crippen LogP contribution in [-0.4, -0.2) is 44.6 Å². The molecule has 7 heteroatoms. The summed E-state index contributed by atoms with van der Waals surface area (Å²) in [6.45, 7) is 6.94. The molecule has 0 unspecified atom stereocenters. The standard InChI is InChI=1S/C13H21N3O4/c1-9(2)15-7-10(16(19)20)6-11(15)12(18)14(5)13(3,4)8-17/h6-7,9,17H,8H2,1-5H3. The van der Waals surface area contributed by atoms with Crippen LogP contribution < -0.4 is 0 Å². The van der Waals surface area contributed by atoms with Gasteiger partial charge in [-0.25, -0.2) is 0 Å². The van der Waals surface area contributed by atoms with Crippen molar-refractivity contribution in [3.8, 4) is 0 Å². The van der Waals surface area contributed by atoms with Crippen LogP contribution >= 0.6 is 0 Å². The third-order valence-electron chi connectivity index (χ3n) is 3.42. The van der Waals surface area contributed by atoms with Gasteiger partial charge in [0.15, 0.2) is 0 Å². The van der Waals surface area contributed by atoms with Gasteiger partial charge in [0.05, 0.1) is 23.3 Å². The molecular formula is C13H21N3O4. The Kier molecular flexibility index (Phi) is 4.54. The topological polar surface area (TPSA) is 88.6 Å². The van der Waals surface area contributed by atoms with Crippen LogP contribution in [0.4, 0.5) is 5.69 Å². The Morgan fingerprint density at radius 1 is 1.55 bits per heavy atom. The van der Waals surface area contributed by atoms with Gasteiger partial charge in [0, 0.05) is 19.2 Å². The van der Waals surface area contributed by atoms with Gasteiger partial charge in [-0.05, 0) is 27.7 Å². The maximum absolute atomic E-state index is 12.5.